The third-order valence-electron chi connectivity index (χ3n) is 14.9. The number of rotatable bonds is 14. The van der Waals surface area contributed by atoms with Crippen molar-refractivity contribution in [2.24, 2.45) is 41.4 Å². The van der Waals surface area contributed by atoms with Gasteiger partial charge in [-0.3, -0.25) is 9.59 Å². The number of aliphatic hydroxyl groups is 2. The third kappa shape index (κ3) is 8.56. The van der Waals surface area contributed by atoms with E-state index < -0.39 is 58.7 Å². The normalized spacial score (nSPS) is 44.2. The predicted octanol–water partition coefficient (Wildman–Crippen LogP) is 6.42. The second-order valence-electron chi connectivity index (χ2n) is 18.5. The average molecular weight is 788 g/mol. The summed E-state index contributed by atoms with van der Waals surface area (Å²) >= 11 is 0. The maximum absolute atomic E-state index is 14.9. The lowest BCUT2D eigenvalue weighted by molar-refractivity contribution is -0.409. The average Bonchev–Trinajstić information content (AvgIpc) is 3.51. The largest absolute Gasteiger partial charge is 0.481 e. The Hall–Kier alpha value is -1.88. The first-order valence-electron chi connectivity index (χ1n) is 21.8. The molecule has 5 aliphatic heterocycles. The third-order valence-corrected chi connectivity index (χ3v) is 14.9. The van der Waals surface area contributed by atoms with Gasteiger partial charge in [-0.15, -0.1) is 6.42 Å². The van der Waals surface area contributed by atoms with E-state index in [0.717, 1.165) is 12.8 Å². The number of carboxylic acids is 1. The molecule has 11 nitrogen and oxygen atoms in total. The predicted molar refractivity (Wildman–Crippen MR) is 213 cm³/mol. The van der Waals surface area contributed by atoms with E-state index in [0.29, 0.717) is 51.4 Å². The van der Waals surface area contributed by atoms with Gasteiger partial charge in [0.05, 0.1) is 54.2 Å². The maximum Gasteiger partial charge on any atom is 0.309 e. The van der Waals surface area contributed by atoms with Gasteiger partial charge in [0.1, 0.15) is 11.9 Å². The Labute approximate surface area is 336 Å². The molecule has 0 aliphatic carbocycles. The number of carbonyl (C=O) groups excluding carboxylic acids is 1. The van der Waals surface area contributed by atoms with Crippen LogP contribution < -0.4 is 5.32 Å². The van der Waals surface area contributed by atoms with Crippen LogP contribution in [0.2, 0.25) is 0 Å². The Balaban J connectivity index is 1.36. The first-order valence-corrected chi connectivity index (χ1v) is 21.8. The van der Waals surface area contributed by atoms with Crippen LogP contribution in [0.15, 0.2) is 12.2 Å². The molecular formula is C45H73NO10. The molecule has 0 radical (unpaired) electrons. The van der Waals surface area contributed by atoms with Crippen molar-refractivity contribution in [3.8, 4) is 12.3 Å². The van der Waals surface area contributed by atoms with Gasteiger partial charge in [-0.2, -0.15) is 0 Å². The number of carbonyl (C=O) groups is 2. The summed E-state index contributed by atoms with van der Waals surface area (Å²) in [6, 6.07) is -0.317. The lowest BCUT2D eigenvalue weighted by Crippen LogP contribution is -2.63. The first-order chi connectivity index (χ1) is 26.3. The molecule has 5 aliphatic rings. The van der Waals surface area contributed by atoms with Crippen LogP contribution in [-0.2, 0) is 33.3 Å². The van der Waals surface area contributed by atoms with Crippen molar-refractivity contribution in [2.45, 2.75) is 199 Å². The minimum atomic E-state index is -1.36. The molecule has 0 aromatic rings. The van der Waals surface area contributed by atoms with Crippen molar-refractivity contribution in [1.29, 1.82) is 0 Å². The summed E-state index contributed by atoms with van der Waals surface area (Å²) < 4.78 is 33.9. The molecule has 5 heterocycles. The molecule has 4 fully saturated rings. The van der Waals surface area contributed by atoms with Crippen LogP contribution in [0, 0.1) is 53.8 Å². The summed E-state index contributed by atoms with van der Waals surface area (Å²) in [6.45, 7) is 20.5. The van der Waals surface area contributed by atoms with E-state index in [9.17, 15) is 24.9 Å². The fraction of sp³-hybridized carbons (Fsp3) is 0.867. The number of hydrogen-bond donors (Lipinski definition) is 4. The zero-order valence-corrected chi connectivity index (χ0v) is 35.8. The van der Waals surface area contributed by atoms with Crippen LogP contribution in [0.25, 0.3) is 0 Å². The summed E-state index contributed by atoms with van der Waals surface area (Å²) in [5.41, 5.74) is -1.63. The van der Waals surface area contributed by atoms with Gasteiger partial charge >= 0.3 is 5.97 Å². The number of terminal acetylenes is 1. The lowest BCUT2D eigenvalue weighted by Gasteiger charge is -2.54. The minimum absolute atomic E-state index is 0.0414. The molecule has 0 saturated carbocycles. The van der Waals surface area contributed by atoms with Crippen molar-refractivity contribution < 1.29 is 48.6 Å². The number of aliphatic hydroxyl groups excluding tert-OH is 1. The Morgan fingerprint density at radius 2 is 1.64 bits per heavy atom. The van der Waals surface area contributed by atoms with Crippen LogP contribution in [0.3, 0.4) is 0 Å². The standard InChI is InChI=1S/C45H73NO10/c1-12-24-46-37(30(9)39-26(5)16-17-34(53-39)32(13-2)41(49)50)29(8)38(48)33(14-3)40-27(6)25-28(7)44(54-40)21-18-35(47)45(56-44)23-22-42(11,55-45)36-19-20-43(51,15-4)31(10)52-36/h1,18,21,26-37,39-40,46-47,51H,13-17,19-20,22-25H2,2-11H3,(H,49,50)/t26-,27-,28+,29-,30-,31-,32+,33-,34+,35+,36+,37+,39+,40-,42-,43+,44?,45-/m0/s1. The van der Waals surface area contributed by atoms with Gasteiger partial charge < -0.3 is 44.3 Å². The van der Waals surface area contributed by atoms with Gasteiger partial charge in [-0.05, 0) is 102 Å². The fourth-order valence-electron chi connectivity index (χ4n) is 11.0. The van der Waals surface area contributed by atoms with E-state index in [1.807, 2.05) is 47.6 Å². The number of carboxylic acid groups (broad SMARTS) is 1. The van der Waals surface area contributed by atoms with Gasteiger partial charge in [-0.1, -0.05) is 61.3 Å². The van der Waals surface area contributed by atoms with E-state index in [1.54, 1.807) is 6.08 Å². The number of ether oxygens (including phenoxy) is 5. The highest BCUT2D eigenvalue weighted by molar-refractivity contribution is 5.84. The Morgan fingerprint density at radius 1 is 0.946 bits per heavy atom. The monoisotopic (exact) mass is 788 g/mol. The van der Waals surface area contributed by atoms with Gasteiger partial charge in [0.2, 0.25) is 5.79 Å². The molecular weight excluding hydrogens is 714 g/mol. The van der Waals surface area contributed by atoms with Gasteiger partial charge in [0.15, 0.2) is 5.79 Å². The number of aliphatic carboxylic acids is 1. The van der Waals surface area contributed by atoms with E-state index in [1.165, 1.54) is 0 Å². The highest BCUT2D eigenvalue weighted by Gasteiger charge is 2.63. The summed E-state index contributed by atoms with van der Waals surface area (Å²) in [5, 5.41) is 36.0. The first kappa shape index (κ1) is 45.2. The molecule has 318 valence electrons. The Bertz CT molecular complexity index is 1450. The quantitative estimate of drug-likeness (QED) is 0.114. The molecule has 0 aromatic carbocycles. The fourth-order valence-corrected chi connectivity index (χ4v) is 11.0. The van der Waals surface area contributed by atoms with Crippen LogP contribution >= 0.6 is 0 Å². The molecule has 11 heteroatoms. The molecule has 0 aromatic heterocycles. The highest BCUT2D eigenvalue weighted by Crippen LogP contribution is 2.54. The molecule has 0 bridgehead atoms. The second kappa shape index (κ2) is 17.8. The molecule has 5 rings (SSSR count). The second-order valence-corrected chi connectivity index (χ2v) is 18.5. The number of hydrogen-bond acceptors (Lipinski definition) is 10. The topological polar surface area (TPSA) is 153 Å². The van der Waals surface area contributed by atoms with Crippen molar-refractivity contribution in [3.05, 3.63) is 12.2 Å². The maximum atomic E-state index is 14.9. The molecule has 4 N–H and O–H groups in total. The number of Topliss-reactive ketones (excluding diaryl/α,β-unsaturated/α-hetero) is 1. The van der Waals surface area contributed by atoms with Gasteiger partial charge in [0.25, 0.3) is 0 Å². The molecule has 4 saturated heterocycles. The number of ketones is 1. The molecule has 56 heavy (non-hydrogen) atoms. The summed E-state index contributed by atoms with van der Waals surface area (Å²) in [4.78, 5) is 26.9. The smallest absolute Gasteiger partial charge is 0.309 e. The van der Waals surface area contributed by atoms with E-state index in [-0.39, 0.29) is 66.5 Å². The summed E-state index contributed by atoms with van der Waals surface area (Å²) in [7, 11) is 0. The summed E-state index contributed by atoms with van der Waals surface area (Å²) in [5.74, 6) is -2.16. The highest BCUT2D eigenvalue weighted by atomic mass is 16.8. The lowest BCUT2D eigenvalue weighted by atomic mass is 9.72. The van der Waals surface area contributed by atoms with E-state index in [4.69, 9.17) is 30.1 Å². The van der Waals surface area contributed by atoms with E-state index in [2.05, 4.69) is 38.9 Å². The molecule has 18 atom stereocenters. The summed E-state index contributed by atoms with van der Waals surface area (Å²) in [6.07, 6.45) is 12.7. The van der Waals surface area contributed by atoms with Gasteiger partial charge in [0, 0.05) is 30.2 Å². The Kier molecular flexibility index (Phi) is 14.3. The SMILES string of the molecule is C#CCN[C@@H]([C@H](C)[C@@H]1O[C@@H]([C@@H](CC)C(=O)O)CC[C@@H]1C)[C@H](C)C(=O)[C@H](CC)[C@H]1OC2(C=C[C@@H](O)[C@]3(CC[C@@](C)([C@H]4CC[C@](O)(CC)[C@H](C)O4)O3)O2)[C@H](C)C[C@@H]1C. The van der Waals surface area contributed by atoms with Crippen molar-refractivity contribution in [2.75, 3.05) is 6.54 Å². The zero-order chi connectivity index (χ0) is 41.4. The molecule has 0 amide bonds. The van der Waals surface area contributed by atoms with E-state index >= 15 is 0 Å². The molecule has 1 unspecified atom stereocenters. The van der Waals surface area contributed by atoms with Crippen molar-refractivity contribution in [1.82, 2.24) is 5.32 Å². The zero-order valence-electron chi connectivity index (χ0n) is 35.8. The van der Waals surface area contributed by atoms with Crippen molar-refractivity contribution >= 4 is 11.8 Å². The minimum Gasteiger partial charge on any atom is -0.481 e. The van der Waals surface area contributed by atoms with Crippen LogP contribution in [0.5, 0.6) is 0 Å². The van der Waals surface area contributed by atoms with Crippen molar-refractivity contribution in [3.63, 3.8) is 0 Å². The molecule has 2 spiro atoms. The van der Waals surface area contributed by atoms with Crippen LogP contribution in [-0.4, -0.2) is 99.1 Å². The van der Waals surface area contributed by atoms with Crippen LogP contribution in [0.4, 0.5) is 0 Å². The van der Waals surface area contributed by atoms with Gasteiger partial charge in [-0.25, -0.2) is 0 Å². The Morgan fingerprint density at radius 3 is 2.25 bits per heavy atom. The van der Waals surface area contributed by atoms with Crippen LogP contribution in [0.1, 0.15) is 133 Å². The number of nitrogens with one attached hydrogen (secondary N) is 1.